The van der Waals surface area contributed by atoms with E-state index in [1.165, 1.54) is 12.4 Å². The monoisotopic (exact) mass is 255 g/mol. The lowest BCUT2D eigenvalue weighted by molar-refractivity contribution is -0.385. The molecule has 7 heteroatoms. The van der Waals surface area contributed by atoms with Gasteiger partial charge in [0.15, 0.2) is 5.79 Å². The van der Waals surface area contributed by atoms with Gasteiger partial charge in [-0.2, -0.15) is 5.10 Å². The topological polar surface area (TPSA) is 79.4 Å². The number of aromatic nitrogens is 2. The number of ether oxygens (including phenoxy) is 2. The van der Waals surface area contributed by atoms with E-state index in [4.69, 9.17) is 9.47 Å². The molecule has 0 saturated carbocycles. The van der Waals surface area contributed by atoms with E-state index in [9.17, 15) is 10.1 Å². The van der Waals surface area contributed by atoms with E-state index < -0.39 is 10.7 Å². The molecule has 7 nitrogen and oxygen atoms in total. The highest BCUT2D eigenvalue weighted by Crippen LogP contribution is 2.32. The van der Waals surface area contributed by atoms with Crippen LogP contribution in [0, 0.1) is 16.0 Å². The van der Waals surface area contributed by atoms with E-state index in [1.807, 2.05) is 13.8 Å². The summed E-state index contributed by atoms with van der Waals surface area (Å²) in [4.78, 5) is 10.1. The number of nitro groups is 1. The lowest BCUT2D eigenvalue weighted by Crippen LogP contribution is -2.37. The Labute approximate surface area is 105 Å². The molecule has 0 N–H and O–H groups in total. The predicted molar refractivity (Wildman–Crippen MR) is 63.0 cm³/mol. The van der Waals surface area contributed by atoms with Crippen molar-refractivity contribution in [1.82, 2.24) is 9.78 Å². The van der Waals surface area contributed by atoms with Gasteiger partial charge in [-0.25, -0.2) is 0 Å². The van der Waals surface area contributed by atoms with Crippen molar-refractivity contribution in [1.29, 1.82) is 0 Å². The van der Waals surface area contributed by atoms with Crippen LogP contribution in [0.2, 0.25) is 0 Å². The van der Waals surface area contributed by atoms with E-state index in [2.05, 4.69) is 5.10 Å². The van der Waals surface area contributed by atoms with Crippen molar-refractivity contribution in [2.24, 2.45) is 5.92 Å². The van der Waals surface area contributed by atoms with Crippen molar-refractivity contribution in [3.8, 4) is 0 Å². The fourth-order valence-corrected chi connectivity index (χ4v) is 2.08. The minimum Gasteiger partial charge on any atom is -0.347 e. The molecule has 1 fully saturated rings. The van der Waals surface area contributed by atoms with Crippen molar-refractivity contribution in [2.45, 2.75) is 32.6 Å². The zero-order valence-corrected chi connectivity index (χ0v) is 10.5. The first-order valence-electron chi connectivity index (χ1n) is 5.98. The van der Waals surface area contributed by atoms with Crippen LogP contribution in [0.1, 0.15) is 20.3 Å². The van der Waals surface area contributed by atoms with Gasteiger partial charge in [0.1, 0.15) is 12.4 Å². The molecule has 0 radical (unpaired) electrons. The van der Waals surface area contributed by atoms with Crippen molar-refractivity contribution >= 4 is 5.69 Å². The van der Waals surface area contributed by atoms with Gasteiger partial charge in [0.05, 0.1) is 18.1 Å². The summed E-state index contributed by atoms with van der Waals surface area (Å²) in [6.45, 7) is 5.80. The van der Waals surface area contributed by atoms with Gasteiger partial charge >= 0.3 is 5.69 Å². The highest BCUT2D eigenvalue weighted by atomic mass is 16.7. The Bertz CT molecular complexity index is 424. The molecule has 1 aromatic heterocycles. The molecular weight excluding hydrogens is 238 g/mol. The molecule has 1 saturated heterocycles. The maximum Gasteiger partial charge on any atom is 0.306 e. The van der Waals surface area contributed by atoms with Gasteiger partial charge in [0, 0.05) is 18.9 Å². The Kier molecular flexibility index (Phi) is 3.63. The lowest BCUT2D eigenvalue weighted by Gasteiger charge is -2.31. The fourth-order valence-electron chi connectivity index (χ4n) is 2.08. The average molecular weight is 255 g/mol. The molecule has 2 rings (SSSR count). The second kappa shape index (κ2) is 5.03. The van der Waals surface area contributed by atoms with Crippen molar-refractivity contribution in [3.63, 3.8) is 0 Å². The van der Waals surface area contributed by atoms with Crippen LogP contribution in [-0.4, -0.2) is 33.7 Å². The molecule has 0 bridgehead atoms. The summed E-state index contributed by atoms with van der Waals surface area (Å²) < 4.78 is 12.9. The molecule has 0 aromatic carbocycles. The molecule has 0 unspecified atom stereocenters. The Morgan fingerprint density at radius 1 is 1.56 bits per heavy atom. The minimum atomic E-state index is -0.583. The summed E-state index contributed by atoms with van der Waals surface area (Å²) >= 11 is 0. The van der Waals surface area contributed by atoms with E-state index in [1.54, 1.807) is 4.68 Å². The Morgan fingerprint density at radius 3 is 2.72 bits per heavy atom. The van der Waals surface area contributed by atoms with E-state index in [-0.39, 0.29) is 11.6 Å². The van der Waals surface area contributed by atoms with E-state index >= 15 is 0 Å². The third-order valence-corrected chi connectivity index (χ3v) is 3.18. The van der Waals surface area contributed by atoms with Crippen LogP contribution in [0.15, 0.2) is 12.4 Å². The van der Waals surface area contributed by atoms with E-state index in [0.717, 1.165) is 0 Å². The van der Waals surface area contributed by atoms with Gasteiger partial charge in [-0.15, -0.1) is 0 Å². The maximum absolute atomic E-state index is 10.5. The molecule has 2 heterocycles. The van der Waals surface area contributed by atoms with Crippen LogP contribution in [0.3, 0.4) is 0 Å². The zero-order valence-electron chi connectivity index (χ0n) is 10.5. The largest absolute Gasteiger partial charge is 0.347 e. The molecule has 0 amide bonds. The first kappa shape index (κ1) is 13.0. The summed E-state index contributed by atoms with van der Waals surface area (Å²) in [6.07, 6.45) is 3.30. The van der Waals surface area contributed by atoms with Crippen LogP contribution in [-0.2, 0) is 16.0 Å². The minimum absolute atomic E-state index is 0.00172. The molecule has 0 atom stereocenters. The first-order valence-corrected chi connectivity index (χ1v) is 5.98. The third-order valence-electron chi connectivity index (χ3n) is 3.18. The van der Waals surface area contributed by atoms with E-state index in [0.29, 0.717) is 26.2 Å². The second-order valence-corrected chi connectivity index (χ2v) is 4.63. The highest BCUT2D eigenvalue weighted by molar-refractivity contribution is 5.20. The van der Waals surface area contributed by atoms with Gasteiger partial charge in [0.2, 0.25) is 0 Å². The maximum atomic E-state index is 10.5. The smallest absolute Gasteiger partial charge is 0.306 e. The number of hydrogen-bond acceptors (Lipinski definition) is 5. The Morgan fingerprint density at radius 2 is 2.22 bits per heavy atom. The quantitative estimate of drug-likeness (QED) is 0.589. The highest BCUT2D eigenvalue weighted by Gasteiger charge is 2.39. The molecule has 1 aromatic rings. The van der Waals surface area contributed by atoms with Crippen LogP contribution >= 0.6 is 0 Å². The lowest BCUT2D eigenvalue weighted by atomic mass is 9.99. The Balaban J connectivity index is 1.99. The fraction of sp³-hybridized carbons (Fsp3) is 0.727. The average Bonchev–Trinajstić information content (AvgIpc) is 2.96. The van der Waals surface area contributed by atoms with Crippen molar-refractivity contribution in [3.05, 3.63) is 22.5 Å². The van der Waals surface area contributed by atoms with Crippen molar-refractivity contribution < 1.29 is 14.4 Å². The second-order valence-electron chi connectivity index (χ2n) is 4.63. The predicted octanol–water partition coefficient (Wildman–Crippen LogP) is 1.58. The SMILES string of the molecule is CC(C)C1(CCn2cc([N+](=O)[O-])cn2)OCCO1. The number of rotatable bonds is 5. The van der Waals surface area contributed by atoms with Crippen LogP contribution < -0.4 is 0 Å². The summed E-state index contributed by atoms with van der Waals surface area (Å²) in [6, 6.07) is 0. The van der Waals surface area contributed by atoms with Gasteiger partial charge in [0.25, 0.3) is 0 Å². The number of hydrogen-bond donors (Lipinski definition) is 0. The molecular formula is C11H17N3O4. The van der Waals surface area contributed by atoms with Crippen LogP contribution in [0.5, 0.6) is 0 Å². The third kappa shape index (κ3) is 2.51. The molecule has 0 spiro atoms. The van der Waals surface area contributed by atoms with Crippen molar-refractivity contribution in [2.75, 3.05) is 13.2 Å². The van der Waals surface area contributed by atoms with Gasteiger partial charge in [-0.05, 0) is 0 Å². The normalized spacial score (nSPS) is 18.4. The molecule has 100 valence electrons. The molecule has 18 heavy (non-hydrogen) atoms. The summed E-state index contributed by atoms with van der Waals surface area (Å²) in [5.74, 6) is -0.355. The van der Waals surface area contributed by atoms with Gasteiger partial charge < -0.3 is 9.47 Å². The van der Waals surface area contributed by atoms with Gasteiger partial charge in [-0.1, -0.05) is 13.8 Å². The molecule has 1 aliphatic rings. The first-order chi connectivity index (χ1) is 8.53. The number of aryl methyl sites for hydroxylation is 1. The molecule has 0 aliphatic carbocycles. The molecule has 1 aliphatic heterocycles. The summed E-state index contributed by atoms with van der Waals surface area (Å²) in [5, 5.41) is 14.5. The standard InChI is InChI=1S/C11H17N3O4/c1-9(2)11(17-5-6-18-11)3-4-13-8-10(7-12-13)14(15)16/h7-9H,3-6H2,1-2H3. The van der Waals surface area contributed by atoms with Crippen LogP contribution in [0.25, 0.3) is 0 Å². The number of nitrogens with zero attached hydrogens (tertiary/aromatic N) is 3. The summed E-state index contributed by atoms with van der Waals surface area (Å²) in [7, 11) is 0. The zero-order chi connectivity index (χ0) is 13.2. The van der Waals surface area contributed by atoms with Gasteiger partial charge in [-0.3, -0.25) is 14.8 Å². The Hall–Kier alpha value is -1.47. The summed E-state index contributed by atoms with van der Waals surface area (Å²) in [5.41, 5.74) is 0.00172. The van der Waals surface area contributed by atoms with Crippen LogP contribution in [0.4, 0.5) is 5.69 Å².